The van der Waals surface area contributed by atoms with Gasteiger partial charge in [-0.15, -0.1) is 0 Å². The van der Waals surface area contributed by atoms with E-state index >= 15 is 0 Å². The van der Waals surface area contributed by atoms with Gasteiger partial charge in [0.15, 0.2) is 0 Å². The maximum Gasteiger partial charge on any atom is 0.0790 e. The normalized spacial score (nSPS) is 20.9. The molecule has 52 valence electrons. The molecule has 1 aliphatic heterocycles. The maximum absolute atomic E-state index is 8.86. The highest BCUT2D eigenvalue weighted by Gasteiger charge is 2.06. The van der Waals surface area contributed by atoms with Gasteiger partial charge in [-0.3, -0.25) is 0 Å². The highest BCUT2D eigenvalue weighted by Crippen LogP contribution is 1.90. The molecule has 1 unspecified atom stereocenters. The Morgan fingerprint density at radius 1 is 2.00 bits per heavy atom. The third-order valence-electron chi connectivity index (χ3n) is 1.02. The number of hydrogen-bond acceptors (Lipinski definition) is 4. The van der Waals surface area contributed by atoms with Crippen molar-refractivity contribution in [1.29, 1.82) is 0 Å². The number of aliphatic hydroxyl groups excluding tert-OH is 1. The van der Waals surface area contributed by atoms with Gasteiger partial charge in [0, 0.05) is 6.21 Å². The van der Waals surface area contributed by atoms with Crippen LogP contribution in [0, 0.1) is 0 Å². The van der Waals surface area contributed by atoms with Gasteiger partial charge in [0.2, 0.25) is 0 Å². The first-order valence-electron chi connectivity index (χ1n) is 3.00. The van der Waals surface area contributed by atoms with Crippen molar-refractivity contribution < 1.29 is 5.11 Å². The van der Waals surface area contributed by atoms with E-state index in [1.54, 1.807) is 18.3 Å². The summed E-state index contributed by atoms with van der Waals surface area (Å²) in [4.78, 5) is 0. The minimum atomic E-state index is -0.326. The number of hydrazone groups is 1. The van der Waals surface area contributed by atoms with E-state index in [0.717, 1.165) is 6.54 Å². The third-order valence-corrected chi connectivity index (χ3v) is 1.02. The summed E-state index contributed by atoms with van der Waals surface area (Å²) in [5.41, 5.74) is 2.94. The molecule has 0 aromatic heterocycles. The molecule has 4 heteroatoms. The molecule has 0 saturated carbocycles. The van der Waals surface area contributed by atoms with Crippen molar-refractivity contribution in [2.24, 2.45) is 5.10 Å². The van der Waals surface area contributed by atoms with Crippen LogP contribution >= 0.6 is 0 Å². The first kappa shape index (κ1) is 6.51. The number of aliphatic hydroxyl groups is 1. The van der Waals surface area contributed by atoms with Crippen molar-refractivity contribution in [3.8, 4) is 0 Å². The second kappa shape index (κ2) is 2.80. The Morgan fingerprint density at radius 3 is 3.22 bits per heavy atom. The topological polar surface area (TPSA) is 47.9 Å². The molecule has 0 fully saturated rings. The maximum atomic E-state index is 8.86. The van der Waals surface area contributed by atoms with Gasteiger partial charge in [-0.2, -0.15) is 5.10 Å². The van der Waals surface area contributed by atoms with E-state index in [-0.39, 0.29) is 6.10 Å². The van der Waals surface area contributed by atoms with Crippen LogP contribution in [0.4, 0.5) is 0 Å². The van der Waals surface area contributed by atoms with Crippen LogP contribution < -0.4 is 5.43 Å². The average molecular weight is 129 g/mol. The lowest BCUT2D eigenvalue weighted by atomic mass is 10.4. The molecule has 0 saturated heterocycles. The van der Waals surface area contributed by atoms with E-state index in [9.17, 15) is 0 Å². The zero-order chi connectivity index (χ0) is 6.69. The fourth-order valence-corrected chi connectivity index (χ4v) is 0.688. The second-order valence-electron chi connectivity index (χ2n) is 2.09. The zero-order valence-corrected chi connectivity index (χ0v) is 5.41. The Labute approximate surface area is 54.1 Å². The molecule has 1 aliphatic rings. The molecule has 2 N–H and O–H groups in total. The molecule has 0 aliphatic carbocycles. The number of rotatable bonds is 2. The van der Waals surface area contributed by atoms with Crippen molar-refractivity contribution in [1.82, 2.24) is 10.5 Å². The zero-order valence-electron chi connectivity index (χ0n) is 5.41. The summed E-state index contributed by atoms with van der Waals surface area (Å²) in [5, 5.41) is 14.4. The van der Waals surface area contributed by atoms with Crippen LogP contribution in [0.3, 0.4) is 0 Å². The van der Waals surface area contributed by atoms with Gasteiger partial charge >= 0.3 is 0 Å². The number of nitrogens with one attached hydrogen (secondary N) is 1. The smallest absolute Gasteiger partial charge is 0.0790 e. The largest absolute Gasteiger partial charge is 0.391 e. The summed E-state index contributed by atoms with van der Waals surface area (Å²) in [6.07, 6.45) is 1.44. The van der Waals surface area contributed by atoms with Gasteiger partial charge in [0.05, 0.1) is 19.2 Å². The van der Waals surface area contributed by atoms with E-state index in [1.165, 1.54) is 0 Å². The van der Waals surface area contributed by atoms with Crippen molar-refractivity contribution in [3.05, 3.63) is 0 Å². The first-order valence-corrected chi connectivity index (χ1v) is 3.00. The minimum absolute atomic E-state index is 0.326. The molecule has 0 amide bonds. The highest BCUT2D eigenvalue weighted by molar-refractivity contribution is 5.60. The van der Waals surface area contributed by atoms with Gasteiger partial charge in [-0.05, 0) is 6.92 Å². The number of hydrogen-bond donors (Lipinski definition) is 2. The van der Waals surface area contributed by atoms with Crippen molar-refractivity contribution >= 4 is 6.21 Å². The van der Waals surface area contributed by atoms with E-state index in [4.69, 9.17) is 5.11 Å². The SMILES string of the molecule is CC(O)CN1N=CCN1. The Kier molecular flexibility index (Phi) is 2.02. The molecule has 0 radical (unpaired) electrons. The lowest BCUT2D eigenvalue weighted by Gasteiger charge is -2.14. The van der Waals surface area contributed by atoms with E-state index in [2.05, 4.69) is 10.5 Å². The predicted octanol–water partition coefficient (Wildman–Crippen LogP) is -0.827. The molecule has 0 spiro atoms. The van der Waals surface area contributed by atoms with Crippen molar-refractivity contribution in [2.75, 3.05) is 13.1 Å². The van der Waals surface area contributed by atoms with Crippen molar-refractivity contribution in [2.45, 2.75) is 13.0 Å². The fourth-order valence-electron chi connectivity index (χ4n) is 0.688. The number of β-amino-alcohol motifs (C(OH)–C–C–N with tert-alkyl or cyclic N) is 1. The van der Waals surface area contributed by atoms with Crippen LogP contribution in [0.5, 0.6) is 0 Å². The average Bonchev–Trinajstić information content (AvgIpc) is 2.15. The molecule has 0 bridgehead atoms. The van der Waals surface area contributed by atoms with Crippen molar-refractivity contribution in [3.63, 3.8) is 0 Å². The quantitative estimate of drug-likeness (QED) is 0.511. The summed E-state index contributed by atoms with van der Waals surface area (Å²) < 4.78 is 0. The summed E-state index contributed by atoms with van der Waals surface area (Å²) in [5.74, 6) is 0. The second-order valence-corrected chi connectivity index (χ2v) is 2.09. The Morgan fingerprint density at radius 2 is 2.78 bits per heavy atom. The van der Waals surface area contributed by atoms with Gasteiger partial charge in [0.25, 0.3) is 0 Å². The Bertz CT molecular complexity index is 113. The lowest BCUT2D eigenvalue weighted by Crippen LogP contribution is -2.34. The summed E-state index contributed by atoms with van der Waals surface area (Å²) in [7, 11) is 0. The monoisotopic (exact) mass is 129 g/mol. The summed E-state index contributed by atoms with van der Waals surface area (Å²) in [6, 6.07) is 0. The minimum Gasteiger partial charge on any atom is -0.391 e. The molecular weight excluding hydrogens is 118 g/mol. The Hall–Kier alpha value is -0.610. The van der Waals surface area contributed by atoms with Crippen LogP contribution in [0.15, 0.2) is 5.10 Å². The van der Waals surface area contributed by atoms with E-state index in [0.29, 0.717) is 6.54 Å². The fraction of sp³-hybridized carbons (Fsp3) is 0.800. The van der Waals surface area contributed by atoms with Crippen LogP contribution in [-0.4, -0.2) is 35.6 Å². The molecular formula is C5H11N3O. The molecule has 0 aromatic rings. The highest BCUT2D eigenvalue weighted by atomic mass is 16.3. The predicted molar refractivity (Wildman–Crippen MR) is 34.9 cm³/mol. The van der Waals surface area contributed by atoms with Crippen LogP contribution in [0.25, 0.3) is 0 Å². The van der Waals surface area contributed by atoms with Gasteiger partial charge in [-0.25, -0.2) is 10.5 Å². The Balaban J connectivity index is 2.20. The molecule has 4 nitrogen and oxygen atoms in total. The lowest BCUT2D eigenvalue weighted by molar-refractivity contribution is 0.108. The third kappa shape index (κ3) is 1.99. The molecule has 9 heavy (non-hydrogen) atoms. The molecule has 1 atom stereocenters. The summed E-state index contributed by atoms with van der Waals surface area (Å²) in [6.45, 7) is 3.05. The first-order chi connectivity index (χ1) is 4.29. The van der Waals surface area contributed by atoms with Crippen LogP contribution in [0.1, 0.15) is 6.92 Å². The van der Waals surface area contributed by atoms with E-state index < -0.39 is 0 Å². The van der Waals surface area contributed by atoms with Crippen LogP contribution in [-0.2, 0) is 0 Å². The van der Waals surface area contributed by atoms with Crippen LogP contribution in [0.2, 0.25) is 0 Å². The van der Waals surface area contributed by atoms with Gasteiger partial charge < -0.3 is 5.11 Å². The standard InChI is InChI=1S/C5H11N3O/c1-5(9)4-8-6-2-3-7-8/h2,5,7,9H,3-4H2,1H3. The molecule has 1 rings (SSSR count). The van der Waals surface area contributed by atoms with Gasteiger partial charge in [0.1, 0.15) is 0 Å². The summed E-state index contributed by atoms with van der Waals surface area (Å²) >= 11 is 0. The molecule has 1 heterocycles. The number of nitrogens with zero attached hydrogens (tertiary/aromatic N) is 2. The van der Waals surface area contributed by atoms with E-state index in [1.807, 2.05) is 0 Å². The molecule has 0 aromatic carbocycles. The number of hydrazine groups is 1. The van der Waals surface area contributed by atoms with Gasteiger partial charge in [-0.1, -0.05) is 0 Å².